The van der Waals surface area contributed by atoms with Crippen LogP contribution in [-0.2, 0) is 24.5 Å². The SMILES string of the molecule is C[C@@H]([C@H]1C[C@@H]2CC[C@@H]1C2)n1c(COc2ccccc2F)nnc1SCC(=O)N(Cc1ccccc1)Cc1ccccc1. The topological polar surface area (TPSA) is 60.2 Å². The van der Waals surface area contributed by atoms with Gasteiger partial charge in [-0.3, -0.25) is 9.36 Å². The average Bonchev–Trinajstić information content (AvgIpc) is 3.76. The van der Waals surface area contributed by atoms with E-state index in [9.17, 15) is 9.18 Å². The van der Waals surface area contributed by atoms with Crippen molar-refractivity contribution in [3.05, 3.63) is 108 Å². The van der Waals surface area contributed by atoms with Crippen LogP contribution in [0.15, 0.2) is 90.1 Å². The third-order valence-electron chi connectivity index (χ3n) is 8.86. The molecule has 0 saturated heterocycles. The van der Waals surface area contributed by atoms with Gasteiger partial charge in [0.2, 0.25) is 5.91 Å². The van der Waals surface area contributed by atoms with E-state index in [0.717, 1.165) is 17.0 Å². The Labute approximate surface area is 251 Å². The first kappa shape index (κ1) is 28.5. The van der Waals surface area contributed by atoms with Crippen molar-refractivity contribution in [3.8, 4) is 5.75 Å². The largest absolute Gasteiger partial charge is 0.483 e. The number of rotatable bonds is 12. The summed E-state index contributed by atoms with van der Waals surface area (Å²) in [5.41, 5.74) is 2.18. The molecule has 3 aromatic carbocycles. The van der Waals surface area contributed by atoms with E-state index < -0.39 is 5.82 Å². The van der Waals surface area contributed by atoms with Gasteiger partial charge < -0.3 is 9.64 Å². The first-order valence-corrected chi connectivity index (χ1v) is 15.8. The van der Waals surface area contributed by atoms with Crippen molar-refractivity contribution in [1.29, 1.82) is 0 Å². The second-order valence-corrected chi connectivity index (χ2v) is 12.5. The molecule has 42 heavy (non-hydrogen) atoms. The molecule has 1 heterocycles. The van der Waals surface area contributed by atoms with Crippen LogP contribution in [-0.4, -0.2) is 31.3 Å². The summed E-state index contributed by atoms with van der Waals surface area (Å²) < 4.78 is 22.3. The van der Waals surface area contributed by atoms with Crippen LogP contribution in [0.1, 0.15) is 55.6 Å². The minimum absolute atomic E-state index is 0.0407. The van der Waals surface area contributed by atoms with Crippen LogP contribution in [0.4, 0.5) is 4.39 Å². The van der Waals surface area contributed by atoms with Gasteiger partial charge in [-0.1, -0.05) is 91.0 Å². The fourth-order valence-corrected chi connectivity index (χ4v) is 7.70. The Balaban J connectivity index is 1.21. The number of aromatic nitrogens is 3. The van der Waals surface area contributed by atoms with Gasteiger partial charge in [0.25, 0.3) is 0 Å². The molecule has 218 valence electrons. The lowest BCUT2D eigenvalue weighted by molar-refractivity contribution is -0.129. The highest BCUT2D eigenvalue weighted by Crippen LogP contribution is 2.52. The highest BCUT2D eigenvalue weighted by molar-refractivity contribution is 7.99. The second-order valence-electron chi connectivity index (χ2n) is 11.6. The second kappa shape index (κ2) is 13.1. The lowest BCUT2D eigenvalue weighted by atomic mass is 9.84. The molecule has 1 aromatic heterocycles. The maximum absolute atomic E-state index is 14.3. The molecule has 0 N–H and O–H groups in total. The molecule has 6 nitrogen and oxygen atoms in total. The van der Waals surface area contributed by atoms with E-state index in [0.29, 0.717) is 35.9 Å². The molecule has 2 fully saturated rings. The monoisotopic (exact) mass is 584 g/mol. The van der Waals surface area contributed by atoms with E-state index in [2.05, 4.69) is 21.7 Å². The molecule has 6 rings (SSSR count). The Morgan fingerprint density at radius 2 is 1.62 bits per heavy atom. The summed E-state index contributed by atoms with van der Waals surface area (Å²) in [5, 5.41) is 9.74. The number of para-hydroxylation sites is 1. The van der Waals surface area contributed by atoms with E-state index in [-0.39, 0.29) is 30.1 Å². The number of nitrogens with zero attached hydrogens (tertiary/aromatic N) is 4. The van der Waals surface area contributed by atoms with E-state index in [4.69, 9.17) is 4.74 Å². The zero-order valence-corrected chi connectivity index (χ0v) is 24.8. The Morgan fingerprint density at radius 3 is 2.24 bits per heavy atom. The summed E-state index contributed by atoms with van der Waals surface area (Å²) in [6, 6.07) is 26.7. The van der Waals surface area contributed by atoms with Gasteiger partial charge in [0, 0.05) is 19.1 Å². The number of halogens is 1. The van der Waals surface area contributed by atoms with Gasteiger partial charge >= 0.3 is 0 Å². The number of thioether (sulfide) groups is 1. The van der Waals surface area contributed by atoms with Crippen LogP contribution in [0, 0.1) is 23.6 Å². The molecule has 1 amide bonds. The Hall–Kier alpha value is -3.65. The van der Waals surface area contributed by atoms with Crippen molar-refractivity contribution in [1.82, 2.24) is 19.7 Å². The molecule has 2 aliphatic carbocycles. The van der Waals surface area contributed by atoms with E-state index in [1.54, 1.807) is 18.2 Å². The zero-order valence-electron chi connectivity index (χ0n) is 23.9. The first-order chi connectivity index (χ1) is 20.5. The van der Waals surface area contributed by atoms with Gasteiger partial charge in [0.15, 0.2) is 22.5 Å². The summed E-state index contributed by atoms with van der Waals surface area (Å²) in [6.45, 7) is 3.42. The summed E-state index contributed by atoms with van der Waals surface area (Å²) in [7, 11) is 0. The third kappa shape index (κ3) is 6.54. The Kier molecular flexibility index (Phi) is 8.89. The molecule has 0 spiro atoms. The van der Waals surface area contributed by atoms with E-state index >= 15 is 0 Å². The minimum Gasteiger partial charge on any atom is -0.483 e. The predicted octanol–water partition coefficient (Wildman–Crippen LogP) is 7.31. The van der Waals surface area contributed by atoms with Crippen LogP contribution in [0.3, 0.4) is 0 Å². The van der Waals surface area contributed by atoms with Gasteiger partial charge in [0.05, 0.1) is 5.75 Å². The molecule has 4 atom stereocenters. The van der Waals surface area contributed by atoms with Gasteiger partial charge in [-0.25, -0.2) is 4.39 Å². The normalized spacial score (nSPS) is 20.0. The fraction of sp³-hybridized carbons (Fsp3) is 0.382. The quantitative estimate of drug-likeness (QED) is 0.163. The summed E-state index contributed by atoms with van der Waals surface area (Å²) in [5.74, 6) is 2.79. The molecular formula is C34H37FN4O2S. The van der Waals surface area contributed by atoms with Crippen LogP contribution in [0.5, 0.6) is 5.75 Å². The van der Waals surface area contributed by atoms with E-state index in [1.807, 2.05) is 65.6 Å². The van der Waals surface area contributed by atoms with Gasteiger partial charge in [-0.2, -0.15) is 0 Å². The molecule has 8 heteroatoms. The van der Waals surface area contributed by atoms with Crippen molar-refractivity contribution in [2.45, 2.75) is 63.5 Å². The lowest BCUT2D eigenvalue weighted by Gasteiger charge is -2.30. The molecule has 2 aliphatic rings. The van der Waals surface area contributed by atoms with Crippen molar-refractivity contribution < 1.29 is 13.9 Å². The number of ether oxygens (including phenoxy) is 1. The average molecular weight is 585 g/mol. The fourth-order valence-electron chi connectivity index (χ4n) is 6.75. The van der Waals surface area contributed by atoms with Crippen molar-refractivity contribution in [3.63, 3.8) is 0 Å². The maximum Gasteiger partial charge on any atom is 0.233 e. The molecule has 0 aliphatic heterocycles. The van der Waals surface area contributed by atoms with Gasteiger partial charge in [0.1, 0.15) is 6.61 Å². The van der Waals surface area contributed by atoms with Gasteiger partial charge in [-0.15, -0.1) is 10.2 Å². The molecule has 0 unspecified atom stereocenters. The molecule has 2 saturated carbocycles. The molecular weight excluding hydrogens is 547 g/mol. The number of carbonyl (C=O) groups is 1. The lowest BCUT2D eigenvalue weighted by Crippen LogP contribution is -2.31. The maximum atomic E-state index is 14.3. The Morgan fingerprint density at radius 1 is 0.952 bits per heavy atom. The third-order valence-corrected chi connectivity index (χ3v) is 9.79. The number of fused-ring (bicyclic) bond motifs is 2. The standard InChI is InChI=1S/C34H37FN4O2S/c1-24(29-19-27-16-17-28(29)18-27)39-32(22-41-31-15-9-8-14-30(31)35)36-37-34(39)42-23-33(40)38(20-25-10-4-2-5-11-25)21-26-12-6-3-7-13-26/h2-15,24,27-29H,16-23H2,1H3/t24-,27+,28+,29+/m0/s1. The number of amides is 1. The Bertz CT molecular complexity index is 1440. The van der Waals surface area contributed by atoms with Crippen molar-refractivity contribution in [2.75, 3.05) is 5.75 Å². The smallest absolute Gasteiger partial charge is 0.233 e. The summed E-state index contributed by atoms with van der Waals surface area (Å²) >= 11 is 1.43. The van der Waals surface area contributed by atoms with Crippen molar-refractivity contribution in [2.24, 2.45) is 17.8 Å². The van der Waals surface area contributed by atoms with Crippen LogP contribution >= 0.6 is 11.8 Å². The minimum atomic E-state index is -0.401. The van der Waals surface area contributed by atoms with Crippen LogP contribution in [0.2, 0.25) is 0 Å². The molecule has 4 aromatic rings. The highest BCUT2D eigenvalue weighted by atomic mass is 32.2. The number of benzene rings is 3. The number of carbonyl (C=O) groups excluding carboxylic acids is 1. The van der Waals surface area contributed by atoms with Crippen LogP contribution in [0.25, 0.3) is 0 Å². The summed E-state index contributed by atoms with van der Waals surface area (Å²) in [4.78, 5) is 15.6. The zero-order chi connectivity index (χ0) is 28.9. The van der Waals surface area contributed by atoms with E-state index in [1.165, 1.54) is 43.5 Å². The van der Waals surface area contributed by atoms with Crippen molar-refractivity contribution >= 4 is 17.7 Å². The number of hydrogen-bond acceptors (Lipinski definition) is 5. The first-order valence-electron chi connectivity index (χ1n) is 14.8. The predicted molar refractivity (Wildman–Crippen MR) is 162 cm³/mol. The number of hydrogen-bond donors (Lipinski definition) is 0. The molecule has 2 bridgehead atoms. The van der Waals surface area contributed by atoms with Crippen LogP contribution < -0.4 is 4.74 Å². The highest BCUT2D eigenvalue weighted by Gasteiger charge is 2.43. The van der Waals surface area contributed by atoms with Gasteiger partial charge in [-0.05, 0) is 67.2 Å². The summed E-state index contributed by atoms with van der Waals surface area (Å²) in [6.07, 6.45) is 5.11. The molecule has 0 radical (unpaired) electrons.